The molecule has 1 fully saturated rings. The zero-order valence-corrected chi connectivity index (χ0v) is 17.7. The van der Waals surface area contributed by atoms with Crippen molar-refractivity contribution >= 4 is 28.8 Å². The number of esters is 1. The van der Waals surface area contributed by atoms with E-state index in [9.17, 15) is 9.59 Å². The Morgan fingerprint density at radius 3 is 2.50 bits per heavy atom. The van der Waals surface area contributed by atoms with E-state index in [-0.39, 0.29) is 17.3 Å². The Balaban J connectivity index is 2.07. The predicted octanol–water partition coefficient (Wildman–Crippen LogP) is 4.08. The van der Waals surface area contributed by atoms with Crippen molar-refractivity contribution in [1.82, 2.24) is 4.90 Å². The van der Waals surface area contributed by atoms with Crippen LogP contribution in [0.5, 0.6) is 5.75 Å². The van der Waals surface area contributed by atoms with Crippen LogP contribution < -0.4 is 4.74 Å². The third kappa shape index (κ3) is 3.81. The number of rotatable bonds is 6. The second kappa shape index (κ2) is 8.39. The highest BCUT2D eigenvalue weighted by molar-refractivity contribution is 8.15. The molecule has 0 radical (unpaired) electrons. The SMILES string of the molecule is CCOc1ccc(C2C(C(=O)OC(C)C)=C(C)N=C3SC(CC)C(=O)N32)cc1. The fourth-order valence-corrected chi connectivity index (χ4v) is 4.49. The minimum atomic E-state index is -0.550. The van der Waals surface area contributed by atoms with Gasteiger partial charge >= 0.3 is 5.97 Å². The Hall–Kier alpha value is -2.28. The molecule has 2 aliphatic heterocycles. The van der Waals surface area contributed by atoms with Gasteiger partial charge in [0.05, 0.1) is 35.3 Å². The summed E-state index contributed by atoms with van der Waals surface area (Å²) in [5.74, 6) is 0.288. The Morgan fingerprint density at radius 1 is 1.25 bits per heavy atom. The molecule has 0 bridgehead atoms. The first-order valence-electron chi connectivity index (χ1n) is 9.60. The highest BCUT2D eigenvalue weighted by Gasteiger charge is 2.47. The number of nitrogens with zero attached hydrogens (tertiary/aromatic N) is 2. The number of carbonyl (C=O) groups is 2. The van der Waals surface area contributed by atoms with Gasteiger partial charge in [-0.05, 0) is 51.8 Å². The van der Waals surface area contributed by atoms with Crippen LogP contribution in [0.25, 0.3) is 0 Å². The molecule has 1 saturated heterocycles. The first kappa shape index (κ1) is 20.5. The van der Waals surface area contributed by atoms with Crippen LogP contribution in [0.15, 0.2) is 40.5 Å². The lowest BCUT2D eigenvalue weighted by Crippen LogP contribution is -2.41. The van der Waals surface area contributed by atoms with E-state index in [1.165, 1.54) is 11.8 Å². The normalized spacial score (nSPS) is 21.7. The molecule has 2 heterocycles. The molecule has 3 rings (SSSR count). The second-order valence-corrected chi connectivity index (χ2v) is 8.14. The average molecular weight is 403 g/mol. The van der Waals surface area contributed by atoms with Crippen molar-refractivity contribution in [3.05, 3.63) is 41.1 Å². The van der Waals surface area contributed by atoms with Gasteiger partial charge in [-0.2, -0.15) is 0 Å². The van der Waals surface area contributed by atoms with Crippen LogP contribution in [-0.2, 0) is 14.3 Å². The molecule has 0 saturated carbocycles. The van der Waals surface area contributed by atoms with Gasteiger partial charge in [0.15, 0.2) is 5.17 Å². The number of hydrogen-bond acceptors (Lipinski definition) is 6. The van der Waals surface area contributed by atoms with Crippen molar-refractivity contribution in [3.63, 3.8) is 0 Å². The third-order valence-electron chi connectivity index (χ3n) is 4.59. The van der Waals surface area contributed by atoms with Crippen LogP contribution in [0.1, 0.15) is 52.6 Å². The molecular weight excluding hydrogens is 376 g/mol. The fraction of sp³-hybridized carbons (Fsp3) is 0.476. The van der Waals surface area contributed by atoms with E-state index in [2.05, 4.69) is 4.99 Å². The molecule has 150 valence electrons. The average Bonchev–Trinajstić information content (AvgIpc) is 2.96. The van der Waals surface area contributed by atoms with E-state index in [1.54, 1.807) is 25.7 Å². The molecule has 2 aliphatic rings. The summed E-state index contributed by atoms with van der Waals surface area (Å²) in [6.45, 7) is 9.89. The van der Waals surface area contributed by atoms with E-state index in [0.29, 0.717) is 29.5 Å². The number of thioether (sulfide) groups is 1. The molecule has 2 unspecified atom stereocenters. The van der Waals surface area contributed by atoms with Crippen LogP contribution in [0.2, 0.25) is 0 Å². The lowest BCUT2D eigenvalue weighted by molar-refractivity contribution is -0.143. The molecule has 7 heteroatoms. The van der Waals surface area contributed by atoms with Crippen LogP contribution in [0, 0.1) is 0 Å². The molecule has 0 aliphatic carbocycles. The number of carbonyl (C=O) groups excluding carboxylic acids is 2. The van der Waals surface area contributed by atoms with E-state index >= 15 is 0 Å². The maximum absolute atomic E-state index is 13.0. The fourth-order valence-electron chi connectivity index (χ4n) is 3.36. The summed E-state index contributed by atoms with van der Waals surface area (Å²) in [5.41, 5.74) is 1.83. The van der Waals surface area contributed by atoms with E-state index in [0.717, 1.165) is 11.3 Å². The van der Waals surface area contributed by atoms with E-state index in [1.807, 2.05) is 38.1 Å². The summed E-state index contributed by atoms with van der Waals surface area (Å²) in [5, 5.41) is 0.464. The molecule has 6 nitrogen and oxygen atoms in total. The number of fused-ring (bicyclic) bond motifs is 1. The van der Waals surface area contributed by atoms with Gasteiger partial charge in [-0.3, -0.25) is 9.69 Å². The predicted molar refractivity (Wildman–Crippen MR) is 110 cm³/mol. The van der Waals surface area contributed by atoms with Gasteiger partial charge in [-0.1, -0.05) is 30.8 Å². The standard InChI is InChI=1S/C21H26N2O4S/c1-6-16-19(24)23-18(14-8-10-15(11-9-14)26-7-2)17(20(25)27-12(3)4)13(5)22-21(23)28-16/h8-12,16,18H,6-7H2,1-5H3. The van der Waals surface area contributed by atoms with Gasteiger partial charge in [0.25, 0.3) is 0 Å². The summed E-state index contributed by atoms with van der Waals surface area (Å²) in [7, 11) is 0. The monoisotopic (exact) mass is 402 g/mol. The van der Waals surface area contributed by atoms with Crippen molar-refractivity contribution in [2.75, 3.05) is 6.61 Å². The van der Waals surface area contributed by atoms with Crippen molar-refractivity contribution in [2.24, 2.45) is 4.99 Å². The van der Waals surface area contributed by atoms with E-state index in [4.69, 9.17) is 9.47 Å². The van der Waals surface area contributed by atoms with Crippen LogP contribution >= 0.6 is 11.8 Å². The largest absolute Gasteiger partial charge is 0.494 e. The topological polar surface area (TPSA) is 68.2 Å². The Bertz CT molecular complexity index is 829. The zero-order valence-electron chi connectivity index (χ0n) is 16.9. The maximum atomic E-state index is 13.0. The summed E-state index contributed by atoms with van der Waals surface area (Å²) < 4.78 is 11.0. The summed E-state index contributed by atoms with van der Waals surface area (Å²) in [6.07, 6.45) is 0.450. The summed E-state index contributed by atoms with van der Waals surface area (Å²) in [4.78, 5) is 32.2. The first-order valence-corrected chi connectivity index (χ1v) is 10.5. The molecule has 1 amide bonds. The van der Waals surface area contributed by atoms with Gasteiger partial charge < -0.3 is 9.47 Å². The number of aliphatic imine (C=N–C) groups is 1. The number of amidine groups is 1. The zero-order chi connectivity index (χ0) is 20.4. The lowest BCUT2D eigenvalue weighted by atomic mass is 9.94. The highest BCUT2D eigenvalue weighted by atomic mass is 32.2. The minimum absolute atomic E-state index is 0.0209. The van der Waals surface area contributed by atoms with Gasteiger partial charge in [-0.15, -0.1) is 0 Å². The molecule has 0 N–H and O–H groups in total. The number of ether oxygens (including phenoxy) is 2. The molecule has 0 aromatic heterocycles. The van der Waals surface area contributed by atoms with E-state index < -0.39 is 12.0 Å². The number of benzene rings is 1. The van der Waals surface area contributed by atoms with Crippen LogP contribution in [0.3, 0.4) is 0 Å². The Labute approximate surface area is 170 Å². The molecular formula is C21H26N2O4S. The van der Waals surface area contributed by atoms with Crippen molar-refractivity contribution in [2.45, 2.75) is 58.4 Å². The number of amides is 1. The number of hydrogen-bond donors (Lipinski definition) is 0. The van der Waals surface area contributed by atoms with Crippen molar-refractivity contribution in [3.8, 4) is 5.75 Å². The first-order chi connectivity index (χ1) is 13.4. The van der Waals surface area contributed by atoms with Crippen molar-refractivity contribution < 1.29 is 19.1 Å². The maximum Gasteiger partial charge on any atom is 0.338 e. The molecule has 1 aromatic carbocycles. The molecule has 2 atom stereocenters. The minimum Gasteiger partial charge on any atom is -0.494 e. The highest BCUT2D eigenvalue weighted by Crippen LogP contribution is 2.44. The quantitative estimate of drug-likeness (QED) is 0.671. The molecule has 0 spiro atoms. The van der Waals surface area contributed by atoms with Crippen LogP contribution in [-0.4, -0.2) is 39.9 Å². The third-order valence-corrected chi connectivity index (χ3v) is 5.91. The van der Waals surface area contributed by atoms with Gasteiger partial charge in [-0.25, -0.2) is 9.79 Å². The summed E-state index contributed by atoms with van der Waals surface area (Å²) >= 11 is 1.46. The second-order valence-electron chi connectivity index (χ2n) is 6.98. The van der Waals surface area contributed by atoms with Gasteiger partial charge in [0.2, 0.25) is 5.91 Å². The lowest BCUT2D eigenvalue weighted by Gasteiger charge is -2.33. The Kier molecular flexibility index (Phi) is 6.13. The van der Waals surface area contributed by atoms with Gasteiger partial charge in [0, 0.05) is 0 Å². The smallest absolute Gasteiger partial charge is 0.338 e. The number of allylic oxidation sites excluding steroid dienone is 1. The Morgan fingerprint density at radius 2 is 1.93 bits per heavy atom. The van der Waals surface area contributed by atoms with Crippen LogP contribution in [0.4, 0.5) is 0 Å². The molecule has 1 aromatic rings. The van der Waals surface area contributed by atoms with Crippen molar-refractivity contribution in [1.29, 1.82) is 0 Å². The summed E-state index contributed by atoms with van der Waals surface area (Å²) in [6, 6.07) is 6.95. The van der Waals surface area contributed by atoms with Gasteiger partial charge in [0.1, 0.15) is 5.75 Å². The molecule has 28 heavy (non-hydrogen) atoms.